The maximum Gasteiger partial charge on any atom is 0.253 e. The predicted molar refractivity (Wildman–Crippen MR) is 82.0 cm³/mol. The minimum atomic E-state index is 0.0529. The van der Waals surface area contributed by atoms with E-state index in [1.165, 1.54) is 31.2 Å². The second-order valence-electron chi connectivity index (χ2n) is 6.44. The van der Waals surface area contributed by atoms with E-state index in [2.05, 4.69) is 10.6 Å². The highest BCUT2D eigenvalue weighted by molar-refractivity contribution is 5.99. The second-order valence-corrected chi connectivity index (χ2v) is 6.44. The van der Waals surface area contributed by atoms with Crippen molar-refractivity contribution in [1.82, 2.24) is 5.32 Å². The first-order valence-electron chi connectivity index (χ1n) is 7.74. The third kappa shape index (κ3) is 2.54. The molecule has 0 heterocycles. The van der Waals surface area contributed by atoms with E-state index >= 15 is 0 Å². The van der Waals surface area contributed by atoms with Gasteiger partial charge in [0.1, 0.15) is 0 Å². The minimum Gasteiger partial charge on any atom is -0.387 e. The van der Waals surface area contributed by atoms with Gasteiger partial charge in [-0.1, -0.05) is 12.5 Å². The van der Waals surface area contributed by atoms with E-state index in [9.17, 15) is 4.79 Å². The first kappa shape index (κ1) is 13.5. The van der Waals surface area contributed by atoms with E-state index in [1.807, 2.05) is 32.2 Å². The SMILES string of the molecule is CNc1cc(C)ccc1C(=O)NCC1CC2CCC1C2. The molecule has 108 valence electrons. The summed E-state index contributed by atoms with van der Waals surface area (Å²) in [4.78, 5) is 12.3. The van der Waals surface area contributed by atoms with Gasteiger partial charge in [-0.3, -0.25) is 4.79 Å². The summed E-state index contributed by atoms with van der Waals surface area (Å²) in [5.41, 5.74) is 2.83. The molecule has 0 aromatic heterocycles. The first-order chi connectivity index (χ1) is 9.67. The van der Waals surface area contributed by atoms with Crippen molar-refractivity contribution in [2.75, 3.05) is 18.9 Å². The minimum absolute atomic E-state index is 0.0529. The van der Waals surface area contributed by atoms with Gasteiger partial charge in [0, 0.05) is 19.3 Å². The van der Waals surface area contributed by atoms with E-state index in [0.29, 0.717) is 5.92 Å². The molecule has 0 saturated heterocycles. The lowest BCUT2D eigenvalue weighted by molar-refractivity contribution is 0.0942. The van der Waals surface area contributed by atoms with Crippen molar-refractivity contribution in [2.24, 2.45) is 17.8 Å². The number of hydrogen-bond donors (Lipinski definition) is 2. The van der Waals surface area contributed by atoms with Crippen molar-refractivity contribution in [1.29, 1.82) is 0 Å². The first-order valence-corrected chi connectivity index (χ1v) is 7.74. The van der Waals surface area contributed by atoms with Gasteiger partial charge in [-0.05, 0) is 61.6 Å². The maximum atomic E-state index is 12.3. The van der Waals surface area contributed by atoms with Crippen LogP contribution in [0.1, 0.15) is 41.6 Å². The lowest BCUT2D eigenvalue weighted by Gasteiger charge is -2.22. The van der Waals surface area contributed by atoms with Crippen LogP contribution in [0.15, 0.2) is 18.2 Å². The Hall–Kier alpha value is -1.51. The van der Waals surface area contributed by atoms with Crippen molar-refractivity contribution in [3.05, 3.63) is 29.3 Å². The fourth-order valence-electron chi connectivity index (χ4n) is 4.01. The molecule has 0 spiro atoms. The predicted octanol–water partition coefficient (Wildman–Crippen LogP) is 3.20. The number of fused-ring (bicyclic) bond motifs is 2. The molecule has 3 nitrogen and oxygen atoms in total. The van der Waals surface area contributed by atoms with Gasteiger partial charge in [0.15, 0.2) is 0 Å². The molecule has 2 bridgehead atoms. The molecule has 1 aromatic rings. The summed E-state index contributed by atoms with van der Waals surface area (Å²) in [5, 5.41) is 6.25. The van der Waals surface area contributed by atoms with E-state index in [4.69, 9.17) is 0 Å². The van der Waals surface area contributed by atoms with Crippen LogP contribution in [-0.2, 0) is 0 Å². The third-order valence-corrected chi connectivity index (χ3v) is 5.10. The van der Waals surface area contributed by atoms with Crippen LogP contribution in [-0.4, -0.2) is 19.5 Å². The number of carbonyl (C=O) groups is 1. The summed E-state index contributed by atoms with van der Waals surface area (Å²) in [6.45, 7) is 2.88. The third-order valence-electron chi connectivity index (χ3n) is 5.10. The highest BCUT2D eigenvalue weighted by Crippen LogP contribution is 2.47. The summed E-state index contributed by atoms with van der Waals surface area (Å²) in [5.74, 6) is 2.56. The average Bonchev–Trinajstić information content (AvgIpc) is 3.07. The highest BCUT2D eigenvalue weighted by Gasteiger charge is 2.39. The molecule has 2 aliphatic rings. The Morgan fingerprint density at radius 1 is 1.30 bits per heavy atom. The Labute approximate surface area is 121 Å². The maximum absolute atomic E-state index is 12.3. The molecule has 2 N–H and O–H groups in total. The van der Waals surface area contributed by atoms with Crippen LogP contribution in [0.5, 0.6) is 0 Å². The fraction of sp³-hybridized carbons (Fsp3) is 0.588. The van der Waals surface area contributed by atoms with Gasteiger partial charge < -0.3 is 10.6 Å². The molecule has 2 aliphatic carbocycles. The molecule has 2 saturated carbocycles. The molecule has 3 rings (SSSR count). The number of rotatable bonds is 4. The number of carbonyl (C=O) groups excluding carboxylic acids is 1. The van der Waals surface area contributed by atoms with E-state index in [1.54, 1.807) is 0 Å². The summed E-state index contributed by atoms with van der Waals surface area (Å²) in [7, 11) is 1.86. The standard InChI is InChI=1S/C17H24N2O/c1-11-3-6-15(16(7-11)18-2)17(20)19-10-14-9-12-4-5-13(14)8-12/h3,6-7,12-14,18H,4-5,8-10H2,1-2H3,(H,19,20). The fourth-order valence-corrected chi connectivity index (χ4v) is 4.01. The zero-order valence-corrected chi connectivity index (χ0v) is 12.4. The molecule has 3 heteroatoms. The highest BCUT2D eigenvalue weighted by atomic mass is 16.1. The Bertz CT molecular complexity index is 512. The molecule has 0 radical (unpaired) electrons. The van der Waals surface area contributed by atoms with Crippen molar-refractivity contribution in [2.45, 2.75) is 32.6 Å². The van der Waals surface area contributed by atoms with Crippen molar-refractivity contribution in [3.8, 4) is 0 Å². The molecule has 1 aromatic carbocycles. The number of anilines is 1. The number of aryl methyl sites for hydroxylation is 1. The summed E-state index contributed by atoms with van der Waals surface area (Å²) in [6, 6.07) is 5.93. The van der Waals surface area contributed by atoms with E-state index in [-0.39, 0.29) is 5.91 Å². The van der Waals surface area contributed by atoms with E-state index < -0.39 is 0 Å². The molecule has 20 heavy (non-hydrogen) atoms. The number of hydrogen-bond acceptors (Lipinski definition) is 2. The van der Waals surface area contributed by atoms with Gasteiger partial charge in [0.05, 0.1) is 5.56 Å². The quantitative estimate of drug-likeness (QED) is 0.883. The Morgan fingerprint density at radius 3 is 2.80 bits per heavy atom. The van der Waals surface area contributed by atoms with Gasteiger partial charge in [-0.25, -0.2) is 0 Å². The van der Waals surface area contributed by atoms with Gasteiger partial charge in [0.25, 0.3) is 5.91 Å². The summed E-state index contributed by atoms with van der Waals surface area (Å²) >= 11 is 0. The number of nitrogens with one attached hydrogen (secondary N) is 2. The number of benzene rings is 1. The van der Waals surface area contributed by atoms with Crippen LogP contribution in [0.2, 0.25) is 0 Å². The number of amides is 1. The lowest BCUT2D eigenvalue weighted by atomic mass is 9.89. The normalized spacial score (nSPS) is 27.6. The zero-order chi connectivity index (χ0) is 14.1. The van der Waals surface area contributed by atoms with Crippen LogP contribution < -0.4 is 10.6 Å². The van der Waals surface area contributed by atoms with Crippen molar-refractivity contribution >= 4 is 11.6 Å². The van der Waals surface area contributed by atoms with Crippen molar-refractivity contribution in [3.63, 3.8) is 0 Å². The second kappa shape index (κ2) is 5.47. The molecular weight excluding hydrogens is 248 g/mol. The molecule has 3 unspecified atom stereocenters. The van der Waals surface area contributed by atoms with Crippen molar-refractivity contribution < 1.29 is 4.79 Å². The Kier molecular flexibility index (Phi) is 3.68. The van der Waals surface area contributed by atoms with Crippen LogP contribution in [0, 0.1) is 24.7 Å². The molecular formula is C17H24N2O. The van der Waals surface area contributed by atoms with E-state index in [0.717, 1.165) is 29.6 Å². The molecule has 1 amide bonds. The smallest absolute Gasteiger partial charge is 0.253 e. The lowest BCUT2D eigenvalue weighted by Crippen LogP contribution is -2.32. The molecule has 3 atom stereocenters. The molecule has 2 fully saturated rings. The van der Waals surface area contributed by atoms with Gasteiger partial charge in [-0.2, -0.15) is 0 Å². The Morgan fingerprint density at radius 2 is 2.15 bits per heavy atom. The monoisotopic (exact) mass is 272 g/mol. The summed E-state index contributed by atoms with van der Waals surface area (Å²) < 4.78 is 0. The summed E-state index contributed by atoms with van der Waals surface area (Å²) in [6.07, 6.45) is 5.50. The van der Waals surface area contributed by atoms with Crippen LogP contribution in [0.3, 0.4) is 0 Å². The van der Waals surface area contributed by atoms with Crippen LogP contribution >= 0.6 is 0 Å². The van der Waals surface area contributed by atoms with Crippen LogP contribution in [0.4, 0.5) is 5.69 Å². The van der Waals surface area contributed by atoms with Gasteiger partial charge in [0.2, 0.25) is 0 Å². The molecule has 0 aliphatic heterocycles. The largest absolute Gasteiger partial charge is 0.387 e. The zero-order valence-electron chi connectivity index (χ0n) is 12.4. The van der Waals surface area contributed by atoms with Crippen LogP contribution in [0.25, 0.3) is 0 Å². The topological polar surface area (TPSA) is 41.1 Å². The Balaban J connectivity index is 1.62. The van der Waals surface area contributed by atoms with Gasteiger partial charge >= 0.3 is 0 Å². The average molecular weight is 272 g/mol. The van der Waals surface area contributed by atoms with Gasteiger partial charge in [-0.15, -0.1) is 0 Å².